The van der Waals surface area contributed by atoms with Crippen molar-refractivity contribution in [2.45, 2.75) is 37.1 Å². The van der Waals surface area contributed by atoms with Crippen LogP contribution in [-0.2, 0) is 20.0 Å². The van der Waals surface area contributed by atoms with Crippen LogP contribution in [0.5, 0.6) is 0 Å². The van der Waals surface area contributed by atoms with E-state index in [2.05, 4.69) is 4.99 Å². The standard InChI is InChI=1S/C16H23N5O5S2/c1-10-8-13(21-7-3-6-20(11-4-5-11)28(21,25)26)14(27(2,23)24)9-12(10)15(22)19-16(17)18/h8-9,11H,3-7H2,1-2H3,(H4,17,18,19,22). The second-order valence-electron chi connectivity index (χ2n) is 7.02. The lowest BCUT2D eigenvalue weighted by molar-refractivity contribution is 0.100. The summed E-state index contributed by atoms with van der Waals surface area (Å²) in [6.07, 6.45) is 3.14. The van der Waals surface area contributed by atoms with Gasteiger partial charge in [-0.25, -0.2) is 8.42 Å². The van der Waals surface area contributed by atoms with Gasteiger partial charge in [0.15, 0.2) is 15.8 Å². The maximum atomic E-state index is 13.1. The molecule has 4 N–H and O–H groups in total. The van der Waals surface area contributed by atoms with Crippen LogP contribution in [0, 0.1) is 6.92 Å². The number of hydrogen-bond donors (Lipinski definition) is 2. The molecule has 0 spiro atoms. The molecular formula is C16H23N5O5S2. The topological polar surface area (TPSA) is 156 Å². The van der Waals surface area contributed by atoms with Gasteiger partial charge >= 0.3 is 10.2 Å². The van der Waals surface area contributed by atoms with Crippen LogP contribution in [0.3, 0.4) is 0 Å². The number of guanidine groups is 1. The second-order valence-corrected chi connectivity index (χ2v) is 10.8. The third kappa shape index (κ3) is 3.84. The number of rotatable bonds is 4. The van der Waals surface area contributed by atoms with E-state index in [1.807, 2.05) is 0 Å². The number of carbonyl (C=O) groups excluding carboxylic acids is 1. The average molecular weight is 430 g/mol. The zero-order chi connectivity index (χ0) is 20.9. The molecule has 2 aliphatic rings. The van der Waals surface area contributed by atoms with Gasteiger partial charge in [-0.05, 0) is 43.9 Å². The van der Waals surface area contributed by atoms with Crippen LogP contribution in [0.15, 0.2) is 22.0 Å². The Balaban J connectivity index is 2.16. The molecule has 1 aromatic rings. The monoisotopic (exact) mass is 429 g/mol. The number of benzene rings is 1. The molecule has 154 valence electrons. The van der Waals surface area contributed by atoms with Gasteiger partial charge in [-0.2, -0.15) is 17.7 Å². The molecule has 2 fully saturated rings. The SMILES string of the molecule is Cc1cc(N2CCCN(C3CC3)S2(=O)=O)c(S(C)(=O)=O)cc1C(=O)N=C(N)N. The Bertz CT molecular complexity index is 1060. The van der Waals surface area contributed by atoms with Gasteiger partial charge < -0.3 is 11.5 Å². The minimum atomic E-state index is -3.86. The molecule has 0 bridgehead atoms. The summed E-state index contributed by atoms with van der Waals surface area (Å²) < 4.78 is 53.5. The number of amides is 1. The Kier molecular flexibility index (Phi) is 5.15. The Morgan fingerprint density at radius 2 is 1.86 bits per heavy atom. The lowest BCUT2D eigenvalue weighted by Gasteiger charge is -2.37. The van der Waals surface area contributed by atoms with E-state index >= 15 is 0 Å². The highest BCUT2D eigenvalue weighted by molar-refractivity contribution is 7.91. The summed E-state index contributed by atoms with van der Waals surface area (Å²) in [4.78, 5) is 15.4. The van der Waals surface area contributed by atoms with E-state index in [0.29, 0.717) is 18.5 Å². The molecular weight excluding hydrogens is 406 g/mol. The summed E-state index contributed by atoms with van der Waals surface area (Å²) >= 11 is 0. The molecule has 0 atom stereocenters. The van der Waals surface area contributed by atoms with Crippen LogP contribution >= 0.6 is 0 Å². The van der Waals surface area contributed by atoms with E-state index in [9.17, 15) is 21.6 Å². The number of aryl methyl sites for hydroxylation is 1. The fourth-order valence-electron chi connectivity index (χ4n) is 3.28. The number of nitrogens with zero attached hydrogens (tertiary/aromatic N) is 3. The molecule has 1 heterocycles. The van der Waals surface area contributed by atoms with Gasteiger partial charge in [0.1, 0.15) is 0 Å². The quantitative estimate of drug-likeness (QED) is 0.493. The predicted octanol–water partition coefficient (Wildman–Crippen LogP) is -0.269. The first kappa shape index (κ1) is 20.6. The van der Waals surface area contributed by atoms with Crippen molar-refractivity contribution in [2.75, 3.05) is 23.7 Å². The van der Waals surface area contributed by atoms with Gasteiger partial charge in [0.05, 0.1) is 10.6 Å². The number of nitrogens with two attached hydrogens (primary N) is 2. The molecule has 1 aliphatic carbocycles. The zero-order valence-corrected chi connectivity index (χ0v) is 17.3. The summed E-state index contributed by atoms with van der Waals surface area (Å²) in [5.41, 5.74) is 10.9. The van der Waals surface area contributed by atoms with Gasteiger partial charge in [-0.15, -0.1) is 0 Å². The lowest BCUT2D eigenvalue weighted by Crippen LogP contribution is -2.51. The molecule has 1 aromatic carbocycles. The van der Waals surface area contributed by atoms with Crippen molar-refractivity contribution in [1.29, 1.82) is 0 Å². The van der Waals surface area contributed by atoms with Gasteiger partial charge in [0, 0.05) is 31.0 Å². The Hall–Kier alpha value is -2.18. The van der Waals surface area contributed by atoms with Crippen LogP contribution < -0.4 is 15.8 Å². The molecule has 0 aromatic heterocycles. The molecule has 12 heteroatoms. The van der Waals surface area contributed by atoms with Gasteiger partial charge in [-0.1, -0.05) is 0 Å². The Labute approximate surface area is 164 Å². The van der Waals surface area contributed by atoms with Gasteiger partial charge in [-0.3, -0.25) is 9.10 Å². The first-order valence-corrected chi connectivity index (χ1v) is 12.0. The smallest absolute Gasteiger partial charge is 0.304 e. The van der Waals surface area contributed by atoms with Crippen molar-refractivity contribution in [3.8, 4) is 0 Å². The number of hydrogen-bond acceptors (Lipinski definition) is 5. The Morgan fingerprint density at radius 3 is 2.39 bits per heavy atom. The summed E-state index contributed by atoms with van der Waals surface area (Å²) in [5.74, 6) is -1.25. The number of carbonyl (C=O) groups is 1. The van der Waals surface area contributed by atoms with Crippen LogP contribution in [-0.4, -0.2) is 58.4 Å². The number of anilines is 1. The molecule has 1 amide bonds. The zero-order valence-electron chi connectivity index (χ0n) is 15.6. The normalized spacial score (nSPS) is 20.0. The first-order chi connectivity index (χ1) is 12.9. The van der Waals surface area contributed by atoms with Crippen molar-refractivity contribution in [3.63, 3.8) is 0 Å². The van der Waals surface area contributed by atoms with E-state index in [1.54, 1.807) is 6.92 Å². The molecule has 1 saturated heterocycles. The molecule has 1 saturated carbocycles. The summed E-state index contributed by atoms with van der Waals surface area (Å²) in [6.45, 7) is 2.15. The minimum absolute atomic E-state index is 0.00830. The maximum absolute atomic E-state index is 13.1. The third-order valence-corrected chi connectivity index (χ3v) is 7.84. The molecule has 0 radical (unpaired) electrons. The van der Waals surface area contributed by atoms with Crippen molar-refractivity contribution in [3.05, 3.63) is 23.3 Å². The minimum Gasteiger partial charge on any atom is -0.370 e. The summed E-state index contributed by atoms with van der Waals surface area (Å²) in [7, 11) is -7.70. The lowest BCUT2D eigenvalue weighted by atomic mass is 10.1. The molecule has 3 rings (SSSR count). The molecule has 10 nitrogen and oxygen atoms in total. The van der Waals surface area contributed by atoms with Crippen LogP contribution in [0.25, 0.3) is 0 Å². The highest BCUT2D eigenvalue weighted by Gasteiger charge is 2.43. The van der Waals surface area contributed by atoms with Crippen molar-refractivity contribution in [2.24, 2.45) is 16.5 Å². The van der Waals surface area contributed by atoms with E-state index in [4.69, 9.17) is 11.5 Å². The highest BCUT2D eigenvalue weighted by atomic mass is 32.2. The fraction of sp³-hybridized carbons (Fsp3) is 0.500. The van der Waals surface area contributed by atoms with Crippen molar-refractivity contribution in [1.82, 2.24) is 4.31 Å². The van der Waals surface area contributed by atoms with Crippen LogP contribution in [0.4, 0.5) is 5.69 Å². The highest BCUT2D eigenvalue weighted by Crippen LogP contribution is 2.38. The summed E-state index contributed by atoms with van der Waals surface area (Å²) in [5, 5.41) is 0. The van der Waals surface area contributed by atoms with Crippen molar-refractivity contribution >= 4 is 37.6 Å². The van der Waals surface area contributed by atoms with Gasteiger partial charge in [0.25, 0.3) is 5.91 Å². The largest absolute Gasteiger partial charge is 0.370 e. The fourth-order valence-corrected chi connectivity index (χ4v) is 6.18. The predicted molar refractivity (Wildman–Crippen MR) is 105 cm³/mol. The number of sulfone groups is 1. The molecule has 1 aliphatic heterocycles. The van der Waals surface area contributed by atoms with E-state index in [-0.39, 0.29) is 28.7 Å². The molecule has 0 unspecified atom stereocenters. The second kappa shape index (κ2) is 7.01. The first-order valence-electron chi connectivity index (χ1n) is 8.71. The van der Waals surface area contributed by atoms with Crippen LogP contribution in [0.2, 0.25) is 0 Å². The average Bonchev–Trinajstić information content (AvgIpc) is 3.36. The van der Waals surface area contributed by atoms with E-state index in [1.165, 1.54) is 10.4 Å². The Morgan fingerprint density at radius 1 is 1.21 bits per heavy atom. The summed E-state index contributed by atoms with van der Waals surface area (Å²) in [6, 6.07) is 2.50. The van der Waals surface area contributed by atoms with E-state index < -0.39 is 31.9 Å². The maximum Gasteiger partial charge on any atom is 0.304 e. The van der Waals surface area contributed by atoms with E-state index in [0.717, 1.165) is 29.5 Å². The molecule has 28 heavy (non-hydrogen) atoms. The van der Waals surface area contributed by atoms with Crippen molar-refractivity contribution < 1.29 is 21.6 Å². The van der Waals surface area contributed by atoms with Crippen LogP contribution in [0.1, 0.15) is 35.2 Å². The number of aliphatic imine (C=N–C) groups is 1. The van der Waals surface area contributed by atoms with Gasteiger partial charge in [0.2, 0.25) is 0 Å². The third-order valence-electron chi connectivity index (χ3n) is 4.70.